The highest BCUT2D eigenvalue weighted by Crippen LogP contribution is 2.23. The van der Waals surface area contributed by atoms with Gasteiger partial charge in [-0.1, -0.05) is 11.8 Å². The maximum Gasteiger partial charge on any atom is 0.220 e. The fraction of sp³-hybridized carbons (Fsp3) is 0.556. The van der Waals surface area contributed by atoms with Gasteiger partial charge >= 0.3 is 0 Å². The van der Waals surface area contributed by atoms with Crippen LogP contribution >= 0.6 is 0 Å². The molecule has 0 aromatic heterocycles. The van der Waals surface area contributed by atoms with E-state index in [1.54, 1.807) is 0 Å². The summed E-state index contributed by atoms with van der Waals surface area (Å²) in [6.07, 6.45) is 10.4. The van der Waals surface area contributed by atoms with Crippen molar-refractivity contribution in [1.29, 1.82) is 10.5 Å². The third-order valence-electron chi connectivity index (χ3n) is 3.43. The van der Waals surface area contributed by atoms with Gasteiger partial charge in [0.2, 0.25) is 11.8 Å². The smallest absolute Gasteiger partial charge is 0.220 e. The van der Waals surface area contributed by atoms with Crippen LogP contribution < -0.4 is 10.6 Å². The van der Waals surface area contributed by atoms with Gasteiger partial charge in [-0.3, -0.25) is 9.59 Å². The van der Waals surface area contributed by atoms with Crippen LogP contribution in [0.1, 0.15) is 39.5 Å². The fourth-order valence-electron chi connectivity index (χ4n) is 1.67. The molecule has 0 aliphatic heterocycles. The lowest BCUT2D eigenvalue weighted by molar-refractivity contribution is -0.122. The Morgan fingerprint density at radius 3 is 1.50 bits per heavy atom. The molecule has 2 amide bonds. The summed E-state index contributed by atoms with van der Waals surface area (Å²) in [5, 5.41) is 31.6. The van der Waals surface area contributed by atoms with Crippen LogP contribution in [0, 0.1) is 47.3 Å². The summed E-state index contributed by atoms with van der Waals surface area (Å²) in [5.74, 6) is 3.96. The van der Waals surface area contributed by atoms with E-state index in [1.165, 1.54) is 13.8 Å². The first-order chi connectivity index (χ1) is 12.2. The number of nitrogens with zero attached hydrogens (tertiary/aromatic N) is 4. The number of hydrogen-bond donors (Lipinski definition) is 2. The maximum absolute atomic E-state index is 11.6. The van der Waals surface area contributed by atoms with Crippen molar-refractivity contribution < 1.29 is 9.59 Å². The second kappa shape index (κ2) is 11.2. The van der Waals surface area contributed by atoms with E-state index in [2.05, 4.69) is 32.7 Å². The highest BCUT2D eigenvalue weighted by atomic mass is 16.2. The molecule has 2 unspecified atom stereocenters. The Kier molecular flexibility index (Phi) is 9.79. The van der Waals surface area contributed by atoms with Gasteiger partial charge in [0.1, 0.15) is 0 Å². The second-order valence-electron chi connectivity index (χ2n) is 5.93. The summed E-state index contributed by atoms with van der Waals surface area (Å²) in [7, 11) is 0. The summed E-state index contributed by atoms with van der Waals surface area (Å²) < 4.78 is 0. The minimum Gasteiger partial charge on any atom is -0.345 e. The summed E-state index contributed by atoms with van der Waals surface area (Å²) in [6.45, 7) is 3.25. The zero-order valence-corrected chi connectivity index (χ0v) is 15.0. The normalized spacial score (nSPS) is 14.5. The minimum atomic E-state index is -1.27. The zero-order chi connectivity index (χ0) is 20.1. The number of nitriles is 2. The number of azo groups is 1. The number of hydrogen-bond acceptors (Lipinski definition) is 6. The second-order valence-corrected chi connectivity index (χ2v) is 5.93. The molecule has 2 atom stereocenters. The molecule has 0 rings (SSSR count). The molecule has 8 heteroatoms. The first-order valence-corrected chi connectivity index (χ1v) is 7.91. The van der Waals surface area contributed by atoms with Crippen LogP contribution in [0.3, 0.4) is 0 Å². The van der Waals surface area contributed by atoms with E-state index in [9.17, 15) is 20.1 Å². The summed E-state index contributed by atoms with van der Waals surface area (Å²) in [4.78, 5) is 23.2. The first-order valence-electron chi connectivity index (χ1n) is 7.91. The molecule has 0 heterocycles. The molecule has 26 heavy (non-hydrogen) atoms. The predicted molar refractivity (Wildman–Crippen MR) is 95.0 cm³/mol. The third kappa shape index (κ3) is 9.06. The lowest BCUT2D eigenvalue weighted by Crippen LogP contribution is -2.29. The summed E-state index contributed by atoms with van der Waals surface area (Å²) in [6, 6.07) is 3.98. The van der Waals surface area contributed by atoms with Gasteiger partial charge in [0.15, 0.2) is 11.1 Å². The monoisotopic (exact) mass is 354 g/mol. The molecular weight excluding hydrogens is 332 g/mol. The van der Waals surface area contributed by atoms with Crippen LogP contribution in [0.15, 0.2) is 10.2 Å². The molecule has 0 aliphatic carbocycles. The van der Waals surface area contributed by atoms with Crippen molar-refractivity contribution in [2.75, 3.05) is 13.1 Å². The largest absolute Gasteiger partial charge is 0.345 e. The van der Waals surface area contributed by atoms with Crippen molar-refractivity contribution in [1.82, 2.24) is 10.6 Å². The first kappa shape index (κ1) is 22.6. The van der Waals surface area contributed by atoms with Gasteiger partial charge < -0.3 is 10.6 Å². The van der Waals surface area contributed by atoms with Gasteiger partial charge in [-0.25, -0.2) is 0 Å². The molecule has 0 fully saturated rings. The number of nitrogens with one attached hydrogen (secondary N) is 2. The molecule has 8 nitrogen and oxygen atoms in total. The van der Waals surface area contributed by atoms with Crippen molar-refractivity contribution in [3.05, 3.63) is 0 Å². The molecule has 136 valence electrons. The van der Waals surface area contributed by atoms with Crippen LogP contribution in [0.5, 0.6) is 0 Å². The van der Waals surface area contributed by atoms with Crippen molar-refractivity contribution >= 4 is 11.8 Å². The van der Waals surface area contributed by atoms with E-state index in [0.29, 0.717) is 0 Å². The van der Waals surface area contributed by atoms with Crippen molar-refractivity contribution in [3.63, 3.8) is 0 Å². The molecule has 0 bridgehead atoms. The minimum absolute atomic E-state index is 0.0442. The van der Waals surface area contributed by atoms with E-state index < -0.39 is 11.1 Å². The molecule has 0 saturated heterocycles. The number of amides is 2. The third-order valence-corrected chi connectivity index (χ3v) is 3.43. The van der Waals surface area contributed by atoms with Gasteiger partial charge in [0.25, 0.3) is 0 Å². The number of terminal acetylenes is 2. The van der Waals surface area contributed by atoms with Gasteiger partial charge in [-0.2, -0.15) is 20.8 Å². The Morgan fingerprint density at radius 1 is 0.885 bits per heavy atom. The Bertz CT molecular complexity index is 643. The van der Waals surface area contributed by atoms with Crippen LogP contribution in [0.25, 0.3) is 0 Å². The molecule has 0 saturated carbocycles. The van der Waals surface area contributed by atoms with Gasteiger partial charge in [0.05, 0.1) is 25.2 Å². The fourth-order valence-corrected chi connectivity index (χ4v) is 1.67. The lowest BCUT2D eigenvalue weighted by Gasteiger charge is -2.19. The van der Waals surface area contributed by atoms with E-state index in [4.69, 9.17) is 12.8 Å². The molecule has 0 radical (unpaired) electrons. The predicted octanol–water partition coefficient (Wildman–Crippen LogP) is 1.06. The van der Waals surface area contributed by atoms with Crippen LogP contribution in [0.2, 0.25) is 0 Å². The molecular formula is C18H22N6O2. The topological polar surface area (TPSA) is 130 Å². The molecule has 2 N–H and O–H groups in total. The van der Waals surface area contributed by atoms with Crippen molar-refractivity contribution in [2.24, 2.45) is 10.2 Å². The van der Waals surface area contributed by atoms with Crippen LogP contribution in [-0.2, 0) is 9.59 Å². The Morgan fingerprint density at radius 2 is 1.23 bits per heavy atom. The average molecular weight is 354 g/mol. The number of carbonyl (C=O) groups is 2. The van der Waals surface area contributed by atoms with E-state index >= 15 is 0 Å². The van der Waals surface area contributed by atoms with E-state index in [1.807, 2.05) is 12.1 Å². The number of carbonyl (C=O) groups excluding carboxylic acids is 2. The van der Waals surface area contributed by atoms with Crippen LogP contribution in [0.4, 0.5) is 0 Å². The van der Waals surface area contributed by atoms with Gasteiger partial charge in [0, 0.05) is 12.8 Å². The lowest BCUT2D eigenvalue weighted by atomic mass is 9.97. The SMILES string of the molecule is C#CCNC(=O)CCC(C)(C#N)/N=N/C(C)(C#N)CCC(=O)NCC#C. The van der Waals surface area contributed by atoms with Gasteiger partial charge in [-0.05, 0) is 26.7 Å². The maximum atomic E-state index is 11.6. The zero-order valence-electron chi connectivity index (χ0n) is 15.0. The molecule has 0 aromatic rings. The van der Waals surface area contributed by atoms with Gasteiger partial charge in [-0.15, -0.1) is 12.8 Å². The number of rotatable bonds is 10. The quantitative estimate of drug-likeness (QED) is 0.448. The van der Waals surface area contributed by atoms with E-state index in [-0.39, 0.29) is 50.6 Å². The highest BCUT2D eigenvalue weighted by molar-refractivity contribution is 5.76. The molecule has 0 aliphatic rings. The van der Waals surface area contributed by atoms with E-state index in [0.717, 1.165) is 0 Å². The van der Waals surface area contributed by atoms with Crippen molar-refractivity contribution in [3.8, 4) is 36.8 Å². The summed E-state index contributed by atoms with van der Waals surface area (Å²) >= 11 is 0. The van der Waals surface area contributed by atoms with Crippen molar-refractivity contribution in [2.45, 2.75) is 50.6 Å². The Labute approximate surface area is 154 Å². The summed E-state index contributed by atoms with van der Waals surface area (Å²) in [5.41, 5.74) is -2.53. The molecule has 0 aromatic carbocycles. The Hall–Kier alpha value is -3.36. The Balaban J connectivity index is 4.85. The molecule has 0 spiro atoms. The average Bonchev–Trinajstić information content (AvgIpc) is 2.65. The highest BCUT2D eigenvalue weighted by Gasteiger charge is 2.29. The standard InChI is InChI=1S/C18H22N6O2/c1-5-11-21-15(25)7-9-17(3,13-19)23-24-18(4,14-20)10-8-16(26)22-12-6-2/h1-2H,7-12H2,3-4H3,(H,21,25)(H,22,26)/b24-23+. The van der Waals surface area contributed by atoms with Crippen LogP contribution in [-0.4, -0.2) is 36.0 Å².